The lowest BCUT2D eigenvalue weighted by atomic mass is 10.1. The van der Waals surface area contributed by atoms with Crippen molar-refractivity contribution in [3.05, 3.63) is 113 Å². The van der Waals surface area contributed by atoms with Crippen molar-refractivity contribution in [1.29, 1.82) is 5.26 Å². The number of esters is 1. The lowest BCUT2D eigenvalue weighted by Gasteiger charge is -2.08. The van der Waals surface area contributed by atoms with E-state index >= 15 is 0 Å². The van der Waals surface area contributed by atoms with Gasteiger partial charge >= 0.3 is 5.97 Å². The van der Waals surface area contributed by atoms with Crippen LogP contribution in [0.1, 0.15) is 15.9 Å². The first kappa shape index (κ1) is 21.8. The Morgan fingerprint density at radius 2 is 1.64 bits per heavy atom. The van der Waals surface area contributed by atoms with Gasteiger partial charge in [-0.05, 0) is 59.5 Å². The minimum atomic E-state index is -0.540. The predicted octanol–water partition coefficient (Wildman–Crippen LogP) is 6.26. The zero-order valence-corrected chi connectivity index (χ0v) is 18.0. The molecule has 0 unspecified atom stereocenters. The molecule has 160 valence electrons. The van der Waals surface area contributed by atoms with Gasteiger partial charge in [0.15, 0.2) is 0 Å². The van der Waals surface area contributed by atoms with E-state index in [9.17, 15) is 14.9 Å². The highest BCUT2D eigenvalue weighted by Gasteiger charge is 2.12. The Hall–Kier alpha value is -4.40. The molecule has 4 aromatic carbocycles. The standard InChI is InChI=1S/C27H17ClN2O3/c28-22-13-11-20(12-14-22)27(32)33-23-8-3-5-18(16-23)15-21(17-29)26(31)30-25-10-4-7-19-6-1-2-9-24(19)25/h1-16H,(H,30,31)/b21-15+. The number of benzene rings is 4. The number of ether oxygens (including phenoxy) is 1. The highest BCUT2D eigenvalue weighted by atomic mass is 35.5. The van der Waals surface area contributed by atoms with Crippen molar-refractivity contribution >= 4 is 46.0 Å². The Balaban J connectivity index is 1.53. The molecule has 5 nitrogen and oxygen atoms in total. The highest BCUT2D eigenvalue weighted by Crippen LogP contribution is 2.24. The van der Waals surface area contributed by atoms with Crippen LogP contribution in [-0.4, -0.2) is 11.9 Å². The molecular formula is C27H17ClN2O3. The molecule has 0 spiro atoms. The van der Waals surface area contributed by atoms with Gasteiger partial charge < -0.3 is 10.1 Å². The monoisotopic (exact) mass is 452 g/mol. The third-order valence-corrected chi connectivity index (χ3v) is 5.11. The Morgan fingerprint density at radius 1 is 0.909 bits per heavy atom. The van der Waals surface area contributed by atoms with Crippen LogP contribution < -0.4 is 10.1 Å². The van der Waals surface area contributed by atoms with Crippen molar-refractivity contribution < 1.29 is 14.3 Å². The number of fused-ring (bicyclic) bond motifs is 1. The summed E-state index contributed by atoms with van der Waals surface area (Å²) in [6, 6.07) is 28.1. The number of amides is 1. The number of carbonyl (C=O) groups is 2. The van der Waals surface area contributed by atoms with Crippen LogP contribution in [0.3, 0.4) is 0 Å². The minimum Gasteiger partial charge on any atom is -0.423 e. The van der Waals surface area contributed by atoms with Crippen molar-refractivity contribution in [2.75, 3.05) is 5.32 Å². The molecular weight excluding hydrogens is 436 g/mol. The van der Waals surface area contributed by atoms with E-state index in [0.717, 1.165) is 10.8 Å². The Kier molecular flexibility index (Phi) is 6.49. The number of hydrogen-bond donors (Lipinski definition) is 1. The quantitative estimate of drug-likeness (QED) is 0.168. The summed E-state index contributed by atoms with van der Waals surface area (Å²) in [6.07, 6.45) is 1.44. The first-order chi connectivity index (χ1) is 16.0. The lowest BCUT2D eigenvalue weighted by molar-refractivity contribution is -0.112. The molecule has 0 aliphatic heterocycles. The molecule has 0 saturated carbocycles. The maximum Gasteiger partial charge on any atom is 0.343 e. The van der Waals surface area contributed by atoms with Gasteiger partial charge in [-0.15, -0.1) is 0 Å². The first-order valence-corrected chi connectivity index (χ1v) is 10.4. The highest BCUT2D eigenvalue weighted by molar-refractivity contribution is 6.30. The number of nitrogens with zero attached hydrogens (tertiary/aromatic N) is 1. The minimum absolute atomic E-state index is 0.0795. The van der Waals surface area contributed by atoms with Crippen LogP contribution in [0.25, 0.3) is 16.8 Å². The summed E-state index contributed by atoms with van der Waals surface area (Å²) in [4.78, 5) is 25.1. The van der Waals surface area contributed by atoms with Crippen LogP contribution in [0.15, 0.2) is 96.6 Å². The van der Waals surface area contributed by atoms with Crippen LogP contribution in [0.5, 0.6) is 5.75 Å². The van der Waals surface area contributed by atoms with E-state index in [4.69, 9.17) is 16.3 Å². The summed E-state index contributed by atoms with van der Waals surface area (Å²) in [5.41, 5.74) is 1.43. The van der Waals surface area contributed by atoms with Crippen LogP contribution in [0.4, 0.5) is 5.69 Å². The van der Waals surface area contributed by atoms with E-state index in [2.05, 4.69) is 5.32 Å². The van der Waals surface area contributed by atoms with E-state index in [-0.39, 0.29) is 11.3 Å². The summed E-state index contributed by atoms with van der Waals surface area (Å²) < 4.78 is 5.41. The van der Waals surface area contributed by atoms with Gasteiger partial charge in [-0.25, -0.2) is 4.79 Å². The van der Waals surface area contributed by atoms with Crippen LogP contribution >= 0.6 is 11.6 Å². The van der Waals surface area contributed by atoms with E-state index < -0.39 is 11.9 Å². The first-order valence-electron chi connectivity index (χ1n) is 10.0. The summed E-state index contributed by atoms with van der Waals surface area (Å²) in [6.45, 7) is 0. The molecule has 1 N–H and O–H groups in total. The molecule has 0 aliphatic rings. The average molecular weight is 453 g/mol. The van der Waals surface area contributed by atoms with Gasteiger partial charge in [-0.1, -0.05) is 60.1 Å². The fourth-order valence-corrected chi connectivity index (χ4v) is 3.39. The van der Waals surface area contributed by atoms with Crippen molar-refractivity contribution in [3.63, 3.8) is 0 Å². The Labute approximate surface area is 195 Å². The van der Waals surface area contributed by atoms with Crippen molar-refractivity contribution in [2.45, 2.75) is 0 Å². The molecule has 0 saturated heterocycles. The zero-order chi connectivity index (χ0) is 23.2. The van der Waals surface area contributed by atoms with Crippen molar-refractivity contribution in [1.82, 2.24) is 0 Å². The summed E-state index contributed by atoms with van der Waals surface area (Å²) in [5.74, 6) is -0.783. The van der Waals surface area contributed by atoms with Gasteiger partial charge in [0.2, 0.25) is 0 Å². The number of hydrogen-bond acceptors (Lipinski definition) is 4. The van der Waals surface area contributed by atoms with Gasteiger partial charge in [0, 0.05) is 16.1 Å². The van der Waals surface area contributed by atoms with Crippen molar-refractivity contribution in [2.24, 2.45) is 0 Å². The number of nitriles is 1. The molecule has 0 bridgehead atoms. The van der Waals surface area contributed by atoms with E-state index in [0.29, 0.717) is 21.8 Å². The third-order valence-electron chi connectivity index (χ3n) is 4.86. The van der Waals surface area contributed by atoms with E-state index in [1.807, 2.05) is 42.5 Å². The normalized spacial score (nSPS) is 11.0. The fourth-order valence-electron chi connectivity index (χ4n) is 3.26. The van der Waals surface area contributed by atoms with Gasteiger partial charge in [-0.3, -0.25) is 4.79 Å². The van der Waals surface area contributed by atoms with Gasteiger partial charge in [0.1, 0.15) is 17.4 Å². The summed E-state index contributed by atoms with van der Waals surface area (Å²) >= 11 is 5.85. The molecule has 0 heterocycles. The van der Waals surface area contributed by atoms with E-state index in [1.54, 1.807) is 54.6 Å². The maximum atomic E-state index is 12.8. The molecule has 0 aromatic heterocycles. The number of nitrogens with one attached hydrogen (secondary N) is 1. The number of halogens is 1. The zero-order valence-electron chi connectivity index (χ0n) is 17.3. The molecule has 4 aromatic rings. The van der Waals surface area contributed by atoms with Gasteiger partial charge in [0.25, 0.3) is 5.91 Å². The Bertz CT molecular complexity index is 1410. The molecule has 4 rings (SSSR count). The molecule has 33 heavy (non-hydrogen) atoms. The topological polar surface area (TPSA) is 79.2 Å². The number of anilines is 1. The van der Waals surface area contributed by atoms with Crippen molar-refractivity contribution in [3.8, 4) is 11.8 Å². The second-order valence-corrected chi connectivity index (χ2v) is 7.56. The van der Waals surface area contributed by atoms with Crippen LogP contribution in [0, 0.1) is 11.3 Å². The third kappa shape index (κ3) is 5.27. The van der Waals surface area contributed by atoms with Crippen LogP contribution in [-0.2, 0) is 4.79 Å². The average Bonchev–Trinajstić information content (AvgIpc) is 2.83. The molecule has 6 heteroatoms. The van der Waals surface area contributed by atoms with Crippen LogP contribution in [0.2, 0.25) is 5.02 Å². The summed E-state index contributed by atoms with van der Waals surface area (Å²) in [7, 11) is 0. The second kappa shape index (κ2) is 9.82. The molecule has 0 radical (unpaired) electrons. The lowest BCUT2D eigenvalue weighted by Crippen LogP contribution is -2.13. The number of carbonyl (C=O) groups excluding carboxylic acids is 2. The van der Waals surface area contributed by atoms with E-state index in [1.165, 1.54) is 6.08 Å². The largest absolute Gasteiger partial charge is 0.423 e. The second-order valence-electron chi connectivity index (χ2n) is 7.12. The fraction of sp³-hybridized carbons (Fsp3) is 0. The molecule has 1 amide bonds. The predicted molar refractivity (Wildman–Crippen MR) is 129 cm³/mol. The SMILES string of the molecule is N#C/C(=C\c1cccc(OC(=O)c2ccc(Cl)cc2)c1)C(=O)Nc1cccc2ccccc12. The number of rotatable bonds is 5. The van der Waals surface area contributed by atoms with Gasteiger partial charge in [-0.2, -0.15) is 5.26 Å². The molecule has 0 atom stereocenters. The molecule has 0 aliphatic carbocycles. The van der Waals surface area contributed by atoms with Gasteiger partial charge in [0.05, 0.1) is 5.56 Å². The smallest absolute Gasteiger partial charge is 0.343 e. The maximum absolute atomic E-state index is 12.8. The summed E-state index contributed by atoms with van der Waals surface area (Å²) in [5, 5.41) is 14.7. The Morgan fingerprint density at radius 3 is 2.42 bits per heavy atom. The molecule has 0 fully saturated rings.